The first kappa shape index (κ1) is 13.8. The van der Waals surface area contributed by atoms with Crippen LogP contribution >= 0.6 is 0 Å². The van der Waals surface area contributed by atoms with Gasteiger partial charge in [0.2, 0.25) is 0 Å². The van der Waals surface area contributed by atoms with Crippen LogP contribution in [0.3, 0.4) is 0 Å². The molecule has 1 heterocycles. The molecule has 2 aromatic carbocycles. The number of hydrogen-bond acceptors (Lipinski definition) is 2. The van der Waals surface area contributed by atoms with Crippen molar-refractivity contribution in [1.29, 1.82) is 0 Å². The number of nitrogens with zero attached hydrogens (tertiary/aromatic N) is 1. The van der Waals surface area contributed by atoms with Gasteiger partial charge in [-0.15, -0.1) is 0 Å². The summed E-state index contributed by atoms with van der Waals surface area (Å²) in [4.78, 5) is 4.44. The van der Waals surface area contributed by atoms with Gasteiger partial charge in [0.15, 0.2) is 0 Å². The third-order valence-electron chi connectivity index (χ3n) is 3.96. The SMILES string of the molecule is CNC(Cc1ccnc2ccccc12)c1cccc(C)c1. The smallest absolute Gasteiger partial charge is 0.0704 e. The minimum atomic E-state index is 0.315. The fourth-order valence-corrected chi connectivity index (χ4v) is 2.83. The molecular weight excluding hydrogens is 256 g/mol. The molecule has 0 radical (unpaired) electrons. The van der Waals surface area contributed by atoms with E-state index in [9.17, 15) is 0 Å². The van der Waals surface area contributed by atoms with Gasteiger partial charge < -0.3 is 5.32 Å². The van der Waals surface area contributed by atoms with E-state index in [-0.39, 0.29) is 0 Å². The van der Waals surface area contributed by atoms with E-state index >= 15 is 0 Å². The fraction of sp³-hybridized carbons (Fsp3) is 0.211. The molecule has 0 spiro atoms. The van der Waals surface area contributed by atoms with Gasteiger partial charge in [0.05, 0.1) is 5.52 Å². The zero-order valence-corrected chi connectivity index (χ0v) is 12.5. The number of hydrogen-bond donors (Lipinski definition) is 1. The number of pyridine rings is 1. The van der Waals surface area contributed by atoms with E-state index in [4.69, 9.17) is 0 Å². The van der Waals surface area contributed by atoms with Crippen LogP contribution in [0.15, 0.2) is 60.8 Å². The predicted octanol–water partition coefficient (Wildman–Crippen LogP) is 4.05. The molecule has 1 N–H and O–H groups in total. The number of benzene rings is 2. The zero-order chi connectivity index (χ0) is 14.7. The molecule has 1 atom stereocenters. The molecule has 0 saturated carbocycles. The number of fused-ring (bicyclic) bond motifs is 1. The lowest BCUT2D eigenvalue weighted by Gasteiger charge is -2.18. The molecule has 0 aliphatic rings. The molecule has 21 heavy (non-hydrogen) atoms. The zero-order valence-electron chi connectivity index (χ0n) is 12.5. The summed E-state index contributed by atoms with van der Waals surface area (Å²) in [5.41, 5.74) is 5.03. The average Bonchev–Trinajstić information content (AvgIpc) is 2.52. The van der Waals surface area contributed by atoms with Crippen molar-refractivity contribution in [3.05, 3.63) is 77.5 Å². The minimum absolute atomic E-state index is 0.315. The highest BCUT2D eigenvalue weighted by Gasteiger charge is 2.12. The minimum Gasteiger partial charge on any atom is -0.313 e. The van der Waals surface area contributed by atoms with Gasteiger partial charge in [0.1, 0.15) is 0 Å². The highest BCUT2D eigenvalue weighted by molar-refractivity contribution is 5.81. The van der Waals surface area contributed by atoms with Crippen LogP contribution in [0, 0.1) is 6.92 Å². The monoisotopic (exact) mass is 276 g/mol. The van der Waals surface area contributed by atoms with Crippen molar-refractivity contribution >= 4 is 10.9 Å². The Morgan fingerprint density at radius 1 is 1.05 bits per heavy atom. The van der Waals surface area contributed by atoms with Crippen molar-refractivity contribution in [1.82, 2.24) is 10.3 Å². The van der Waals surface area contributed by atoms with E-state index in [0.29, 0.717) is 6.04 Å². The molecule has 0 bridgehead atoms. The summed E-state index contributed by atoms with van der Waals surface area (Å²) >= 11 is 0. The Morgan fingerprint density at radius 2 is 1.90 bits per heavy atom. The van der Waals surface area contributed by atoms with Gasteiger partial charge in [0, 0.05) is 17.6 Å². The van der Waals surface area contributed by atoms with Crippen LogP contribution in [0.2, 0.25) is 0 Å². The molecule has 3 rings (SSSR count). The lowest BCUT2D eigenvalue weighted by molar-refractivity contribution is 0.593. The van der Waals surface area contributed by atoms with E-state index < -0.39 is 0 Å². The highest BCUT2D eigenvalue weighted by Crippen LogP contribution is 2.23. The number of para-hydroxylation sites is 1. The quantitative estimate of drug-likeness (QED) is 0.777. The van der Waals surface area contributed by atoms with Gasteiger partial charge >= 0.3 is 0 Å². The van der Waals surface area contributed by atoms with E-state index in [0.717, 1.165) is 11.9 Å². The second-order valence-corrected chi connectivity index (χ2v) is 5.45. The van der Waals surface area contributed by atoms with E-state index in [1.165, 1.54) is 22.1 Å². The van der Waals surface area contributed by atoms with Crippen LogP contribution in [0.1, 0.15) is 22.7 Å². The molecule has 1 aromatic heterocycles. The Bertz CT molecular complexity index is 744. The van der Waals surface area contributed by atoms with Gasteiger partial charge in [-0.05, 0) is 43.7 Å². The van der Waals surface area contributed by atoms with E-state index in [1.807, 2.05) is 19.3 Å². The van der Waals surface area contributed by atoms with Gasteiger partial charge in [-0.1, -0.05) is 48.0 Å². The standard InChI is InChI=1S/C19H20N2/c1-14-6-5-7-16(12-14)19(20-2)13-15-10-11-21-18-9-4-3-8-17(15)18/h3-12,19-20H,13H2,1-2H3. The van der Waals surface area contributed by atoms with Crippen LogP contribution in [-0.4, -0.2) is 12.0 Å². The lowest BCUT2D eigenvalue weighted by Crippen LogP contribution is -2.19. The van der Waals surface area contributed by atoms with Crippen LogP contribution in [0.4, 0.5) is 0 Å². The molecular formula is C19H20N2. The molecule has 2 nitrogen and oxygen atoms in total. The number of aromatic nitrogens is 1. The van der Waals surface area contributed by atoms with Crippen molar-refractivity contribution in [2.45, 2.75) is 19.4 Å². The van der Waals surface area contributed by atoms with Gasteiger partial charge in [-0.3, -0.25) is 4.98 Å². The highest BCUT2D eigenvalue weighted by atomic mass is 14.9. The number of nitrogens with one attached hydrogen (secondary N) is 1. The number of likely N-dealkylation sites (N-methyl/N-ethyl adjacent to an activating group) is 1. The Labute approximate surface area is 125 Å². The normalized spacial score (nSPS) is 12.5. The summed E-state index contributed by atoms with van der Waals surface area (Å²) < 4.78 is 0. The van der Waals surface area contributed by atoms with E-state index in [2.05, 4.69) is 65.8 Å². The largest absolute Gasteiger partial charge is 0.313 e. The first-order valence-electron chi connectivity index (χ1n) is 7.34. The maximum Gasteiger partial charge on any atom is 0.0704 e. The van der Waals surface area contributed by atoms with E-state index in [1.54, 1.807) is 0 Å². The molecule has 1 unspecified atom stereocenters. The maximum atomic E-state index is 4.44. The first-order valence-corrected chi connectivity index (χ1v) is 7.34. The summed E-state index contributed by atoms with van der Waals surface area (Å²) in [6, 6.07) is 19.5. The third-order valence-corrected chi connectivity index (χ3v) is 3.96. The van der Waals surface area contributed by atoms with Gasteiger partial charge in [-0.25, -0.2) is 0 Å². The molecule has 3 aromatic rings. The third kappa shape index (κ3) is 2.96. The van der Waals surface area contributed by atoms with Crippen LogP contribution in [-0.2, 0) is 6.42 Å². The number of aryl methyl sites for hydroxylation is 1. The summed E-state index contributed by atoms with van der Waals surface area (Å²) in [6.45, 7) is 2.14. The predicted molar refractivity (Wildman–Crippen MR) is 88.4 cm³/mol. The van der Waals surface area contributed by atoms with Gasteiger partial charge in [0.25, 0.3) is 0 Å². The molecule has 0 aliphatic heterocycles. The Balaban J connectivity index is 1.96. The van der Waals surface area contributed by atoms with Crippen molar-refractivity contribution in [2.75, 3.05) is 7.05 Å². The summed E-state index contributed by atoms with van der Waals surface area (Å²) in [5.74, 6) is 0. The average molecular weight is 276 g/mol. The summed E-state index contributed by atoms with van der Waals surface area (Å²) in [6.07, 6.45) is 2.86. The molecule has 0 amide bonds. The van der Waals surface area contributed by atoms with Gasteiger partial charge in [-0.2, -0.15) is 0 Å². The molecule has 2 heteroatoms. The van der Waals surface area contributed by atoms with Crippen LogP contribution < -0.4 is 5.32 Å². The number of rotatable bonds is 4. The summed E-state index contributed by atoms with van der Waals surface area (Å²) in [5, 5.41) is 4.68. The topological polar surface area (TPSA) is 24.9 Å². The Morgan fingerprint density at radius 3 is 2.71 bits per heavy atom. The molecule has 0 aliphatic carbocycles. The summed E-state index contributed by atoms with van der Waals surface area (Å²) in [7, 11) is 2.02. The molecule has 0 saturated heterocycles. The second kappa shape index (κ2) is 6.06. The maximum absolute atomic E-state index is 4.44. The van der Waals surface area contributed by atoms with Crippen LogP contribution in [0.5, 0.6) is 0 Å². The first-order chi connectivity index (χ1) is 10.3. The second-order valence-electron chi connectivity index (χ2n) is 5.45. The Kier molecular flexibility index (Phi) is 3.98. The molecule has 106 valence electrons. The molecule has 0 fully saturated rings. The van der Waals surface area contributed by atoms with Crippen molar-refractivity contribution in [3.8, 4) is 0 Å². The van der Waals surface area contributed by atoms with Crippen molar-refractivity contribution in [3.63, 3.8) is 0 Å². The van der Waals surface area contributed by atoms with Crippen molar-refractivity contribution in [2.24, 2.45) is 0 Å². The Hall–Kier alpha value is -2.19. The van der Waals surface area contributed by atoms with Crippen molar-refractivity contribution < 1.29 is 0 Å². The van der Waals surface area contributed by atoms with Crippen LogP contribution in [0.25, 0.3) is 10.9 Å². The fourth-order valence-electron chi connectivity index (χ4n) is 2.83. The lowest BCUT2D eigenvalue weighted by atomic mass is 9.96.